The number of amides is 1. The molecule has 0 saturated heterocycles. The van der Waals surface area contributed by atoms with E-state index >= 15 is 0 Å². The maximum atomic E-state index is 11.6. The van der Waals surface area contributed by atoms with Crippen LogP contribution < -0.4 is 10.1 Å². The molecule has 0 radical (unpaired) electrons. The van der Waals surface area contributed by atoms with Crippen molar-refractivity contribution in [3.63, 3.8) is 0 Å². The van der Waals surface area contributed by atoms with Crippen molar-refractivity contribution in [3.05, 3.63) is 65.7 Å². The SMILES string of the molecule is CCCCCCCCCc1ccc(OCCOCCOCCOCCNC(=O)OCc2ccccc2)cc1. The van der Waals surface area contributed by atoms with Crippen molar-refractivity contribution in [3.8, 4) is 5.75 Å². The predicted molar refractivity (Wildman–Crippen MR) is 151 cm³/mol. The summed E-state index contributed by atoms with van der Waals surface area (Å²) in [6.07, 6.45) is 10.1. The van der Waals surface area contributed by atoms with Gasteiger partial charge in [0.15, 0.2) is 0 Å². The van der Waals surface area contributed by atoms with E-state index in [4.69, 9.17) is 23.7 Å². The molecular formula is C31H47NO6. The largest absolute Gasteiger partial charge is 0.491 e. The molecule has 38 heavy (non-hydrogen) atoms. The van der Waals surface area contributed by atoms with Gasteiger partial charge in [-0.2, -0.15) is 0 Å². The minimum atomic E-state index is -0.453. The first kappa shape index (κ1) is 31.6. The molecule has 212 valence electrons. The fraction of sp³-hybridized carbons (Fsp3) is 0.581. The minimum absolute atomic E-state index is 0.252. The summed E-state index contributed by atoms with van der Waals surface area (Å²) < 4.78 is 27.4. The number of hydrogen-bond acceptors (Lipinski definition) is 6. The molecule has 0 saturated carbocycles. The van der Waals surface area contributed by atoms with E-state index in [2.05, 4.69) is 24.4 Å². The van der Waals surface area contributed by atoms with Crippen LogP contribution >= 0.6 is 0 Å². The van der Waals surface area contributed by atoms with Crippen molar-refractivity contribution in [2.75, 3.05) is 52.8 Å². The monoisotopic (exact) mass is 529 g/mol. The quantitative estimate of drug-likeness (QED) is 0.169. The van der Waals surface area contributed by atoms with Gasteiger partial charge in [0, 0.05) is 6.54 Å². The summed E-state index contributed by atoms with van der Waals surface area (Å²) in [5, 5.41) is 2.66. The molecule has 1 amide bonds. The van der Waals surface area contributed by atoms with Gasteiger partial charge in [0.05, 0.1) is 39.6 Å². The molecule has 0 bridgehead atoms. The highest BCUT2D eigenvalue weighted by Gasteiger charge is 2.02. The number of carbonyl (C=O) groups excluding carboxylic acids is 1. The van der Waals surface area contributed by atoms with Crippen LogP contribution in [-0.2, 0) is 32.0 Å². The van der Waals surface area contributed by atoms with Crippen LogP contribution in [0.3, 0.4) is 0 Å². The van der Waals surface area contributed by atoms with Crippen LogP contribution in [0.4, 0.5) is 4.79 Å². The Labute approximate surface area is 229 Å². The Kier molecular flexibility index (Phi) is 18.6. The number of nitrogens with one attached hydrogen (secondary N) is 1. The molecule has 7 nitrogen and oxygen atoms in total. The first-order chi connectivity index (χ1) is 18.8. The van der Waals surface area contributed by atoms with Crippen LogP contribution in [0.5, 0.6) is 5.75 Å². The van der Waals surface area contributed by atoms with Gasteiger partial charge in [-0.1, -0.05) is 87.9 Å². The standard InChI is InChI=1S/C31H47NO6/c1-2-3-4-5-6-7-9-12-28-15-17-30(18-16-28)37-26-25-36-24-23-35-22-21-34-20-19-32-31(33)38-27-29-13-10-8-11-14-29/h8,10-11,13-18H,2-7,9,12,19-27H2,1H3,(H,32,33). The summed E-state index contributed by atoms with van der Waals surface area (Å²) in [6.45, 7) is 6.28. The highest BCUT2D eigenvalue weighted by Crippen LogP contribution is 2.15. The molecule has 2 aromatic carbocycles. The van der Waals surface area contributed by atoms with Gasteiger partial charge in [0.1, 0.15) is 19.0 Å². The summed E-state index contributed by atoms with van der Waals surface area (Å²) in [6, 6.07) is 18.0. The lowest BCUT2D eigenvalue weighted by atomic mass is 10.0. The topological polar surface area (TPSA) is 75.3 Å². The number of carbonyl (C=O) groups is 1. The van der Waals surface area contributed by atoms with Crippen molar-refractivity contribution in [2.24, 2.45) is 0 Å². The van der Waals surface area contributed by atoms with Crippen LogP contribution in [-0.4, -0.2) is 58.9 Å². The van der Waals surface area contributed by atoms with Gasteiger partial charge in [0.25, 0.3) is 0 Å². The number of rotatable bonds is 23. The van der Waals surface area contributed by atoms with Gasteiger partial charge >= 0.3 is 6.09 Å². The van der Waals surface area contributed by atoms with Crippen molar-refractivity contribution >= 4 is 6.09 Å². The van der Waals surface area contributed by atoms with E-state index in [1.54, 1.807) is 0 Å². The van der Waals surface area contributed by atoms with E-state index in [1.807, 2.05) is 42.5 Å². The van der Waals surface area contributed by atoms with Crippen LogP contribution in [0.2, 0.25) is 0 Å². The number of unbranched alkanes of at least 4 members (excludes halogenated alkanes) is 6. The lowest BCUT2D eigenvalue weighted by Gasteiger charge is -2.09. The van der Waals surface area contributed by atoms with Crippen molar-refractivity contribution in [2.45, 2.75) is 64.9 Å². The number of ether oxygens (including phenoxy) is 5. The second-order valence-electron chi connectivity index (χ2n) is 9.19. The normalized spacial score (nSPS) is 10.9. The molecule has 0 atom stereocenters. The third-order valence-corrected chi connectivity index (χ3v) is 5.96. The lowest BCUT2D eigenvalue weighted by Crippen LogP contribution is -2.28. The highest BCUT2D eigenvalue weighted by molar-refractivity contribution is 5.67. The summed E-state index contributed by atoms with van der Waals surface area (Å²) in [7, 11) is 0. The number of alkyl carbamates (subject to hydrolysis) is 1. The molecule has 1 N–H and O–H groups in total. The van der Waals surface area contributed by atoms with Crippen molar-refractivity contribution in [1.82, 2.24) is 5.32 Å². The molecule has 0 aliphatic rings. The van der Waals surface area contributed by atoms with E-state index < -0.39 is 6.09 Å². The highest BCUT2D eigenvalue weighted by atomic mass is 16.6. The Hall–Kier alpha value is -2.61. The average Bonchev–Trinajstić information content (AvgIpc) is 2.95. The lowest BCUT2D eigenvalue weighted by molar-refractivity contribution is 0.00977. The second-order valence-corrected chi connectivity index (χ2v) is 9.19. The molecule has 0 spiro atoms. The zero-order chi connectivity index (χ0) is 26.9. The van der Waals surface area contributed by atoms with Crippen LogP contribution in [0.15, 0.2) is 54.6 Å². The Morgan fingerprint density at radius 1 is 0.658 bits per heavy atom. The van der Waals surface area contributed by atoms with Crippen LogP contribution in [0, 0.1) is 0 Å². The maximum absolute atomic E-state index is 11.6. The average molecular weight is 530 g/mol. The maximum Gasteiger partial charge on any atom is 0.407 e. The van der Waals surface area contributed by atoms with Crippen molar-refractivity contribution in [1.29, 1.82) is 0 Å². The molecular weight excluding hydrogens is 482 g/mol. The first-order valence-electron chi connectivity index (χ1n) is 14.2. The fourth-order valence-electron chi connectivity index (χ4n) is 3.80. The molecule has 7 heteroatoms. The third-order valence-electron chi connectivity index (χ3n) is 5.96. The molecule has 0 heterocycles. The van der Waals surface area contributed by atoms with Gasteiger partial charge in [-0.25, -0.2) is 4.79 Å². The summed E-state index contributed by atoms with van der Waals surface area (Å²) >= 11 is 0. The molecule has 0 aliphatic heterocycles. The zero-order valence-electron chi connectivity index (χ0n) is 23.2. The summed E-state index contributed by atoms with van der Waals surface area (Å²) in [5.41, 5.74) is 2.33. The zero-order valence-corrected chi connectivity index (χ0v) is 23.2. The molecule has 2 aromatic rings. The Morgan fingerprint density at radius 2 is 1.26 bits per heavy atom. The fourth-order valence-corrected chi connectivity index (χ4v) is 3.80. The van der Waals surface area contributed by atoms with E-state index in [1.165, 1.54) is 50.5 Å². The van der Waals surface area contributed by atoms with Crippen LogP contribution in [0.25, 0.3) is 0 Å². The molecule has 0 fully saturated rings. The van der Waals surface area contributed by atoms with Gasteiger partial charge < -0.3 is 29.0 Å². The van der Waals surface area contributed by atoms with E-state index in [0.29, 0.717) is 52.8 Å². The van der Waals surface area contributed by atoms with E-state index in [0.717, 1.165) is 17.7 Å². The minimum Gasteiger partial charge on any atom is -0.491 e. The van der Waals surface area contributed by atoms with Gasteiger partial charge in [-0.15, -0.1) is 0 Å². The van der Waals surface area contributed by atoms with Crippen LogP contribution in [0.1, 0.15) is 63.0 Å². The van der Waals surface area contributed by atoms with E-state index in [9.17, 15) is 4.79 Å². The number of aryl methyl sites for hydroxylation is 1. The third kappa shape index (κ3) is 17.0. The van der Waals surface area contributed by atoms with Gasteiger partial charge in [-0.3, -0.25) is 0 Å². The Morgan fingerprint density at radius 3 is 1.95 bits per heavy atom. The number of hydrogen-bond donors (Lipinski definition) is 1. The molecule has 0 aliphatic carbocycles. The molecule has 0 aromatic heterocycles. The first-order valence-corrected chi connectivity index (χ1v) is 14.2. The second kappa shape index (κ2) is 22.4. The molecule has 0 unspecified atom stereocenters. The van der Waals surface area contributed by atoms with E-state index in [-0.39, 0.29) is 6.61 Å². The Bertz CT molecular complexity index is 815. The van der Waals surface area contributed by atoms with Gasteiger partial charge in [0.2, 0.25) is 0 Å². The molecule has 2 rings (SSSR count). The van der Waals surface area contributed by atoms with Gasteiger partial charge in [-0.05, 0) is 36.1 Å². The summed E-state index contributed by atoms with van der Waals surface area (Å²) in [5.74, 6) is 0.879. The van der Waals surface area contributed by atoms with Crippen molar-refractivity contribution < 1.29 is 28.5 Å². The Balaban J connectivity index is 1.32. The predicted octanol–water partition coefficient (Wildman–Crippen LogP) is 6.33. The number of benzene rings is 2. The summed E-state index contributed by atoms with van der Waals surface area (Å²) in [4.78, 5) is 11.6. The smallest absolute Gasteiger partial charge is 0.407 e.